The van der Waals surface area contributed by atoms with Crippen molar-refractivity contribution in [3.05, 3.63) is 34.5 Å². The largest absolute Gasteiger partial charge is 0.370 e. The molecule has 1 aromatic rings. The van der Waals surface area contributed by atoms with Crippen molar-refractivity contribution in [1.29, 1.82) is 5.26 Å². The summed E-state index contributed by atoms with van der Waals surface area (Å²) in [6, 6.07) is 2.10. The van der Waals surface area contributed by atoms with Gasteiger partial charge in [0.05, 0.1) is 11.3 Å². The highest BCUT2D eigenvalue weighted by atomic mass is 35.5. The van der Waals surface area contributed by atoms with E-state index < -0.39 is 5.50 Å². The fraction of sp³-hybridized carbons (Fsp3) is 0.250. The van der Waals surface area contributed by atoms with Crippen molar-refractivity contribution >= 4 is 23.3 Å². The van der Waals surface area contributed by atoms with Gasteiger partial charge >= 0.3 is 0 Å². The van der Waals surface area contributed by atoms with Crippen LogP contribution in [0.25, 0.3) is 11.6 Å². The fourth-order valence-corrected chi connectivity index (χ4v) is 2.58. The Kier molecular flexibility index (Phi) is 2.23. The first kappa shape index (κ1) is 10.4. The van der Waals surface area contributed by atoms with E-state index in [9.17, 15) is 4.39 Å². The highest BCUT2D eigenvalue weighted by molar-refractivity contribution is 6.21. The molecule has 2 N–H and O–H groups in total. The van der Waals surface area contributed by atoms with E-state index >= 15 is 0 Å². The van der Waals surface area contributed by atoms with Crippen LogP contribution in [0.4, 0.5) is 4.39 Å². The van der Waals surface area contributed by atoms with Crippen LogP contribution in [0.3, 0.4) is 0 Å². The molecule has 3 rings (SSSR count). The summed E-state index contributed by atoms with van der Waals surface area (Å²) in [5.41, 5.74) is 3.30. The Hall–Kier alpha value is -1.73. The van der Waals surface area contributed by atoms with Gasteiger partial charge in [0.1, 0.15) is 17.4 Å². The first-order valence-corrected chi connectivity index (χ1v) is 5.76. The number of fused-ring (bicyclic) bond motifs is 3. The number of nitrogens with one attached hydrogen (secondary N) is 2. The third-order valence-electron chi connectivity index (χ3n) is 3.09. The number of aryl methyl sites for hydroxylation is 1. The fourth-order valence-electron chi connectivity index (χ4n) is 2.29. The standard InChI is InChI=1S/C12H9ClFN3/c13-12-10-8-3-7(14)1-2-9(8)17-11(10)6(4-15)5-16-12/h3,5,12,16-17H,1-2H2. The number of nitrogens with zero attached hydrogens (tertiary/aromatic N) is 1. The monoisotopic (exact) mass is 249 g/mol. The van der Waals surface area contributed by atoms with E-state index in [1.54, 1.807) is 6.20 Å². The summed E-state index contributed by atoms with van der Waals surface area (Å²) in [6.45, 7) is 0. The molecular formula is C12H9ClFN3. The Morgan fingerprint density at radius 2 is 2.29 bits per heavy atom. The molecule has 3 nitrogen and oxygen atoms in total. The lowest BCUT2D eigenvalue weighted by atomic mass is 9.97. The quantitative estimate of drug-likeness (QED) is 0.549. The van der Waals surface area contributed by atoms with Crippen LogP contribution in [-0.2, 0) is 6.42 Å². The summed E-state index contributed by atoms with van der Waals surface area (Å²) in [5, 5.41) is 11.9. The molecule has 86 valence electrons. The van der Waals surface area contributed by atoms with E-state index in [1.165, 1.54) is 6.08 Å². The van der Waals surface area contributed by atoms with Gasteiger partial charge in [-0.1, -0.05) is 11.6 Å². The smallest absolute Gasteiger partial charge is 0.129 e. The molecule has 0 spiro atoms. The first-order valence-electron chi connectivity index (χ1n) is 5.32. The molecule has 1 aliphatic heterocycles. The predicted molar refractivity (Wildman–Crippen MR) is 63.5 cm³/mol. The number of aromatic nitrogens is 1. The minimum atomic E-state index is -0.427. The third-order valence-corrected chi connectivity index (χ3v) is 3.44. The number of halogens is 2. The number of H-pyrrole nitrogens is 1. The molecule has 2 aliphatic rings. The summed E-state index contributed by atoms with van der Waals surface area (Å²) >= 11 is 6.16. The summed E-state index contributed by atoms with van der Waals surface area (Å²) in [4.78, 5) is 3.18. The lowest BCUT2D eigenvalue weighted by Gasteiger charge is -2.18. The molecule has 5 heteroatoms. The number of rotatable bonds is 0. The summed E-state index contributed by atoms with van der Waals surface area (Å²) in [7, 11) is 0. The third kappa shape index (κ3) is 1.47. The maximum Gasteiger partial charge on any atom is 0.129 e. The van der Waals surface area contributed by atoms with Gasteiger partial charge < -0.3 is 10.3 Å². The summed E-state index contributed by atoms with van der Waals surface area (Å²) in [6.07, 6.45) is 4.11. The van der Waals surface area contributed by atoms with Gasteiger partial charge in [0.2, 0.25) is 0 Å². The number of hydrogen-bond acceptors (Lipinski definition) is 2. The second kappa shape index (κ2) is 3.64. The number of aromatic amines is 1. The Balaban J connectivity index is 2.25. The lowest BCUT2D eigenvalue weighted by Crippen LogP contribution is -2.16. The van der Waals surface area contributed by atoms with Crippen molar-refractivity contribution in [2.75, 3.05) is 0 Å². The molecule has 2 heterocycles. The zero-order chi connectivity index (χ0) is 12.0. The average molecular weight is 250 g/mol. The summed E-state index contributed by atoms with van der Waals surface area (Å²) < 4.78 is 13.3. The molecule has 0 bridgehead atoms. The molecule has 0 aromatic carbocycles. The van der Waals surface area contributed by atoms with E-state index in [2.05, 4.69) is 16.4 Å². The maximum absolute atomic E-state index is 13.3. The van der Waals surface area contributed by atoms with Gasteiger partial charge in [-0.05, 0) is 12.5 Å². The molecule has 0 saturated carbocycles. The van der Waals surface area contributed by atoms with Crippen LogP contribution in [0.15, 0.2) is 12.0 Å². The van der Waals surface area contributed by atoms with Crippen LogP contribution in [-0.4, -0.2) is 4.98 Å². The van der Waals surface area contributed by atoms with Crippen molar-refractivity contribution in [3.63, 3.8) is 0 Å². The molecule has 1 aromatic heterocycles. The van der Waals surface area contributed by atoms with E-state index in [-0.39, 0.29) is 5.83 Å². The van der Waals surface area contributed by atoms with Crippen LogP contribution in [0.5, 0.6) is 0 Å². The van der Waals surface area contributed by atoms with Crippen LogP contribution in [0.2, 0.25) is 0 Å². The number of nitriles is 1. The zero-order valence-electron chi connectivity index (χ0n) is 8.85. The molecule has 1 unspecified atom stereocenters. The average Bonchev–Trinajstić information content (AvgIpc) is 2.69. The van der Waals surface area contributed by atoms with Gasteiger partial charge in [-0.3, -0.25) is 0 Å². The minimum absolute atomic E-state index is 0.142. The SMILES string of the molecule is N#CC1=CNC(Cl)c2c1[nH]c1c2C=C(F)CC1. The molecule has 17 heavy (non-hydrogen) atoms. The van der Waals surface area contributed by atoms with Gasteiger partial charge in [-0.2, -0.15) is 5.26 Å². The van der Waals surface area contributed by atoms with Gasteiger partial charge in [-0.15, -0.1) is 0 Å². The van der Waals surface area contributed by atoms with E-state index in [1.807, 2.05) is 0 Å². The topological polar surface area (TPSA) is 51.6 Å². The second-order valence-electron chi connectivity index (χ2n) is 4.10. The molecule has 0 fully saturated rings. The molecule has 1 atom stereocenters. The number of alkyl halides is 1. The summed E-state index contributed by atoms with van der Waals surface area (Å²) in [5.74, 6) is -0.142. The van der Waals surface area contributed by atoms with Crippen LogP contribution in [0, 0.1) is 11.3 Å². The molecule has 0 radical (unpaired) electrons. The maximum atomic E-state index is 13.3. The van der Waals surface area contributed by atoms with Gasteiger partial charge in [0, 0.05) is 29.4 Å². The Morgan fingerprint density at radius 3 is 3.06 bits per heavy atom. The highest BCUT2D eigenvalue weighted by Crippen LogP contribution is 2.39. The minimum Gasteiger partial charge on any atom is -0.370 e. The van der Waals surface area contributed by atoms with Crippen LogP contribution >= 0.6 is 11.6 Å². The van der Waals surface area contributed by atoms with Crippen LogP contribution < -0.4 is 5.32 Å². The predicted octanol–water partition coefficient (Wildman–Crippen LogP) is 2.98. The highest BCUT2D eigenvalue weighted by Gasteiger charge is 2.28. The Bertz CT molecular complexity index is 592. The van der Waals surface area contributed by atoms with E-state index in [0.717, 1.165) is 16.8 Å². The molecule has 0 saturated heterocycles. The van der Waals surface area contributed by atoms with Gasteiger partial charge in [0.15, 0.2) is 0 Å². The van der Waals surface area contributed by atoms with Crippen molar-refractivity contribution < 1.29 is 4.39 Å². The molecular weight excluding hydrogens is 241 g/mol. The zero-order valence-corrected chi connectivity index (χ0v) is 9.61. The van der Waals surface area contributed by atoms with E-state index in [0.29, 0.717) is 24.1 Å². The second-order valence-corrected chi connectivity index (χ2v) is 4.53. The van der Waals surface area contributed by atoms with E-state index in [4.69, 9.17) is 16.9 Å². The van der Waals surface area contributed by atoms with Gasteiger partial charge in [-0.25, -0.2) is 4.39 Å². The Labute approximate surface area is 103 Å². The van der Waals surface area contributed by atoms with Crippen molar-refractivity contribution in [2.24, 2.45) is 0 Å². The normalized spacial score (nSPS) is 21.6. The number of hydrogen-bond donors (Lipinski definition) is 2. The van der Waals surface area contributed by atoms with Crippen molar-refractivity contribution in [3.8, 4) is 6.07 Å². The number of allylic oxidation sites excluding steroid dienone is 2. The molecule has 1 aliphatic carbocycles. The van der Waals surface area contributed by atoms with Crippen molar-refractivity contribution in [1.82, 2.24) is 10.3 Å². The first-order chi connectivity index (χ1) is 8.20. The lowest BCUT2D eigenvalue weighted by molar-refractivity contribution is 0.588. The van der Waals surface area contributed by atoms with Crippen molar-refractivity contribution in [2.45, 2.75) is 18.3 Å². The molecule has 0 amide bonds. The van der Waals surface area contributed by atoms with Crippen LogP contribution in [0.1, 0.15) is 34.4 Å². The van der Waals surface area contributed by atoms with Gasteiger partial charge in [0.25, 0.3) is 0 Å². The Morgan fingerprint density at radius 1 is 1.47 bits per heavy atom.